The average molecular weight is 484 g/mol. The van der Waals surface area contributed by atoms with Gasteiger partial charge in [0.25, 0.3) is 0 Å². The predicted octanol–water partition coefficient (Wildman–Crippen LogP) is 4.89. The van der Waals surface area contributed by atoms with Crippen molar-refractivity contribution in [3.63, 3.8) is 0 Å². The number of hydrogen-bond acceptors (Lipinski definition) is 5. The minimum absolute atomic E-state index is 0.0369. The number of halogens is 1. The van der Waals surface area contributed by atoms with E-state index in [1.54, 1.807) is 58.9 Å². The summed E-state index contributed by atoms with van der Waals surface area (Å²) in [5.41, 5.74) is -0.707. The maximum atomic E-state index is 12.8. The topological polar surface area (TPSA) is 81.7 Å². The predicted molar refractivity (Wildman–Crippen MR) is 115 cm³/mol. The monoisotopic (exact) mass is 483 g/mol. The standard InChI is InChI=1S/C21H26BrNO5S/c1-14(2)19(20(24)28-21(3,4)5)23-29(25,26)18-12-10-17(11-13-18)27-16-8-6-15(22)7-9-16/h6-14,19,23H,1-5H3/t19-/m0/s1. The van der Waals surface area contributed by atoms with Crippen molar-refractivity contribution in [2.45, 2.75) is 51.2 Å². The van der Waals surface area contributed by atoms with Crippen LogP contribution >= 0.6 is 15.9 Å². The number of hydrogen-bond donors (Lipinski definition) is 1. The molecule has 158 valence electrons. The summed E-state index contributed by atoms with van der Waals surface area (Å²) in [7, 11) is -3.91. The van der Waals surface area contributed by atoms with Crippen molar-refractivity contribution in [1.82, 2.24) is 4.72 Å². The molecule has 0 aliphatic carbocycles. The molecule has 2 aromatic rings. The highest BCUT2D eigenvalue weighted by molar-refractivity contribution is 9.10. The van der Waals surface area contributed by atoms with Gasteiger partial charge in [0.1, 0.15) is 23.1 Å². The Labute approximate surface area is 180 Å². The van der Waals surface area contributed by atoms with Crippen molar-refractivity contribution in [1.29, 1.82) is 0 Å². The summed E-state index contributed by atoms with van der Waals surface area (Å²) in [6.45, 7) is 8.72. The highest BCUT2D eigenvalue weighted by atomic mass is 79.9. The van der Waals surface area contributed by atoms with Crippen molar-refractivity contribution < 1.29 is 22.7 Å². The van der Waals surface area contributed by atoms with Gasteiger partial charge in [-0.1, -0.05) is 29.8 Å². The third kappa shape index (κ3) is 7.13. The van der Waals surface area contributed by atoms with Crippen LogP contribution in [0, 0.1) is 5.92 Å². The Kier molecular flexibility index (Phi) is 7.48. The Hall–Kier alpha value is -1.90. The van der Waals surface area contributed by atoms with Crippen LogP contribution in [0.1, 0.15) is 34.6 Å². The molecule has 0 amide bonds. The van der Waals surface area contributed by atoms with Crippen molar-refractivity contribution in [2.75, 3.05) is 0 Å². The molecule has 8 heteroatoms. The molecule has 0 saturated heterocycles. The van der Waals surface area contributed by atoms with E-state index >= 15 is 0 Å². The fourth-order valence-electron chi connectivity index (χ4n) is 2.38. The lowest BCUT2D eigenvalue weighted by Gasteiger charge is -2.26. The lowest BCUT2D eigenvalue weighted by atomic mass is 10.1. The van der Waals surface area contributed by atoms with Gasteiger partial charge in [-0.2, -0.15) is 4.72 Å². The molecule has 0 bridgehead atoms. The molecule has 0 spiro atoms. The number of rotatable bonds is 7. The van der Waals surface area contributed by atoms with Gasteiger partial charge in [-0.15, -0.1) is 0 Å². The summed E-state index contributed by atoms with van der Waals surface area (Å²) in [5, 5.41) is 0. The molecule has 6 nitrogen and oxygen atoms in total. The molecule has 1 atom stereocenters. The Bertz CT molecular complexity index is 933. The van der Waals surface area contributed by atoms with E-state index in [1.165, 1.54) is 12.1 Å². The van der Waals surface area contributed by atoms with Gasteiger partial charge in [-0.3, -0.25) is 4.79 Å². The van der Waals surface area contributed by atoms with Gasteiger partial charge in [-0.05, 0) is 75.2 Å². The van der Waals surface area contributed by atoms with Crippen molar-refractivity contribution in [3.05, 3.63) is 53.0 Å². The van der Waals surface area contributed by atoms with Gasteiger partial charge in [0.05, 0.1) is 4.90 Å². The summed E-state index contributed by atoms with van der Waals surface area (Å²) in [6, 6.07) is 12.3. The first-order valence-electron chi connectivity index (χ1n) is 9.16. The van der Waals surface area contributed by atoms with Crippen molar-refractivity contribution >= 4 is 31.9 Å². The zero-order chi connectivity index (χ0) is 21.8. The molecule has 0 aliphatic rings. The molecular formula is C21H26BrNO5S. The van der Waals surface area contributed by atoms with Crippen molar-refractivity contribution in [2.24, 2.45) is 5.92 Å². The highest BCUT2D eigenvalue weighted by Gasteiger charge is 2.32. The fourth-order valence-corrected chi connectivity index (χ4v) is 3.98. The van der Waals surface area contributed by atoms with E-state index in [2.05, 4.69) is 20.7 Å². The van der Waals surface area contributed by atoms with Crippen LogP contribution in [0.3, 0.4) is 0 Å². The highest BCUT2D eigenvalue weighted by Crippen LogP contribution is 2.25. The number of benzene rings is 2. The van der Waals surface area contributed by atoms with Gasteiger partial charge in [0, 0.05) is 4.47 Å². The summed E-state index contributed by atoms with van der Waals surface area (Å²) in [6.07, 6.45) is 0. The Morgan fingerprint density at radius 2 is 1.45 bits per heavy atom. The quantitative estimate of drug-likeness (QED) is 0.567. The molecule has 0 aromatic heterocycles. The SMILES string of the molecule is CC(C)[C@H](NS(=O)(=O)c1ccc(Oc2ccc(Br)cc2)cc1)C(=O)OC(C)(C)C. The number of sulfonamides is 1. The molecule has 0 heterocycles. The van der Waals surface area contributed by atoms with E-state index in [4.69, 9.17) is 9.47 Å². The van der Waals surface area contributed by atoms with Crippen LogP contribution < -0.4 is 9.46 Å². The maximum Gasteiger partial charge on any atom is 0.324 e. The Balaban J connectivity index is 2.14. The minimum atomic E-state index is -3.91. The number of ether oxygens (including phenoxy) is 2. The van der Waals surface area contributed by atoms with E-state index in [0.29, 0.717) is 11.5 Å². The largest absolute Gasteiger partial charge is 0.459 e. The summed E-state index contributed by atoms with van der Waals surface area (Å²) >= 11 is 3.36. The second kappa shape index (κ2) is 9.28. The van der Waals surface area contributed by atoms with Crippen LogP contribution in [0.4, 0.5) is 0 Å². The smallest absolute Gasteiger partial charge is 0.324 e. The second-order valence-corrected chi connectivity index (χ2v) is 10.5. The third-order valence-electron chi connectivity index (χ3n) is 3.79. The van der Waals surface area contributed by atoms with E-state index < -0.39 is 27.6 Å². The number of esters is 1. The molecule has 0 unspecified atom stereocenters. The minimum Gasteiger partial charge on any atom is -0.459 e. The third-order valence-corrected chi connectivity index (χ3v) is 5.78. The van der Waals surface area contributed by atoms with Crippen LogP contribution in [0.5, 0.6) is 11.5 Å². The maximum absolute atomic E-state index is 12.8. The molecule has 0 aliphatic heterocycles. The zero-order valence-electron chi connectivity index (χ0n) is 17.1. The Morgan fingerprint density at radius 1 is 0.966 bits per heavy atom. The van der Waals surface area contributed by atoms with E-state index in [0.717, 1.165) is 4.47 Å². The van der Waals surface area contributed by atoms with Gasteiger partial charge in [-0.25, -0.2) is 8.42 Å². The lowest BCUT2D eigenvalue weighted by Crippen LogP contribution is -2.47. The number of carbonyl (C=O) groups is 1. The van der Waals surface area contributed by atoms with Crippen molar-refractivity contribution in [3.8, 4) is 11.5 Å². The molecule has 29 heavy (non-hydrogen) atoms. The molecular weight excluding hydrogens is 458 g/mol. The first-order valence-corrected chi connectivity index (χ1v) is 11.4. The number of nitrogens with one attached hydrogen (secondary N) is 1. The molecule has 0 fully saturated rings. The van der Waals surface area contributed by atoms with Gasteiger partial charge >= 0.3 is 5.97 Å². The average Bonchev–Trinajstić information content (AvgIpc) is 2.60. The van der Waals surface area contributed by atoms with E-state index in [1.807, 2.05) is 12.1 Å². The molecule has 0 radical (unpaired) electrons. The van der Waals surface area contributed by atoms with Crippen LogP contribution in [-0.4, -0.2) is 26.0 Å². The van der Waals surface area contributed by atoms with Crippen LogP contribution in [-0.2, 0) is 19.6 Å². The summed E-state index contributed by atoms with van der Waals surface area (Å²) in [5.74, 6) is 0.247. The summed E-state index contributed by atoms with van der Waals surface area (Å²) in [4.78, 5) is 12.5. The molecule has 1 N–H and O–H groups in total. The second-order valence-electron chi connectivity index (χ2n) is 7.90. The fraction of sp³-hybridized carbons (Fsp3) is 0.381. The number of carbonyl (C=O) groups excluding carboxylic acids is 1. The molecule has 0 saturated carbocycles. The van der Waals surface area contributed by atoms with E-state index in [-0.39, 0.29) is 10.8 Å². The first kappa shape index (κ1) is 23.4. The molecule has 2 rings (SSSR count). The normalized spacial score (nSPS) is 13.2. The van der Waals surface area contributed by atoms with Crippen LogP contribution in [0.2, 0.25) is 0 Å². The van der Waals surface area contributed by atoms with Gasteiger partial charge in [0.2, 0.25) is 10.0 Å². The molecule has 2 aromatic carbocycles. The first-order chi connectivity index (χ1) is 13.4. The van der Waals surface area contributed by atoms with Crippen LogP contribution in [0.25, 0.3) is 0 Å². The van der Waals surface area contributed by atoms with Gasteiger partial charge < -0.3 is 9.47 Å². The lowest BCUT2D eigenvalue weighted by molar-refractivity contribution is -0.158. The zero-order valence-corrected chi connectivity index (χ0v) is 19.5. The Morgan fingerprint density at radius 3 is 1.90 bits per heavy atom. The summed E-state index contributed by atoms with van der Waals surface area (Å²) < 4.78 is 40.0. The van der Waals surface area contributed by atoms with Gasteiger partial charge in [0.15, 0.2) is 0 Å². The van der Waals surface area contributed by atoms with Crippen LogP contribution in [0.15, 0.2) is 57.9 Å². The van der Waals surface area contributed by atoms with E-state index in [9.17, 15) is 13.2 Å².